The quantitative estimate of drug-likeness (QED) is 0.412. The first-order chi connectivity index (χ1) is 12.5. The van der Waals surface area contributed by atoms with E-state index < -0.39 is 0 Å². The number of nitrogens with zero attached hydrogens (tertiary/aromatic N) is 3. The van der Waals surface area contributed by atoms with Crippen LogP contribution in [0.25, 0.3) is 16.7 Å². The van der Waals surface area contributed by atoms with E-state index in [1.165, 1.54) is 10.5 Å². The highest BCUT2D eigenvalue weighted by Gasteiger charge is 2.23. The summed E-state index contributed by atoms with van der Waals surface area (Å²) < 4.78 is 3.23. The number of hydrogen-bond acceptors (Lipinski definition) is 4. The number of carbonyl (C=O) groups is 1. The van der Waals surface area contributed by atoms with Crippen LogP contribution >= 0.6 is 0 Å². The lowest BCUT2D eigenvalue weighted by molar-refractivity contribution is -0.658. The molecule has 3 heterocycles. The Bertz CT molecular complexity index is 1080. The maximum atomic E-state index is 13.0. The molecule has 0 saturated heterocycles. The number of nitrogens with one attached hydrogen (secondary N) is 1. The van der Waals surface area contributed by atoms with Crippen molar-refractivity contribution in [3.05, 3.63) is 58.5 Å². The fourth-order valence-electron chi connectivity index (χ4n) is 2.95. The number of rotatable bonds is 5. The standard InChI is InChI=1S/C19H21N5O2/c1-4-8-21-18(25)13-10-14-17(23(9-5-2)16(13)20)22-15-7-6-12(3)11-24(15)19(14)26/h4,6-7,10-11,20H,1,5,8-9H2,2-3H3,(H,21,25)/p+1. The van der Waals surface area contributed by atoms with Gasteiger partial charge in [-0.2, -0.15) is 0 Å². The molecular weight excluding hydrogens is 330 g/mol. The third-order valence-corrected chi connectivity index (χ3v) is 4.20. The van der Waals surface area contributed by atoms with Crippen molar-refractivity contribution < 1.29 is 9.36 Å². The number of hydrogen-bond donors (Lipinski definition) is 2. The number of carbonyl (C=O) groups excluding carboxylic acids is 1. The van der Waals surface area contributed by atoms with Gasteiger partial charge < -0.3 is 11.1 Å². The number of aromatic nitrogens is 3. The highest BCUT2D eigenvalue weighted by molar-refractivity contribution is 6.00. The van der Waals surface area contributed by atoms with E-state index in [-0.39, 0.29) is 17.0 Å². The van der Waals surface area contributed by atoms with Crippen LogP contribution in [0.2, 0.25) is 0 Å². The molecule has 3 aromatic rings. The second-order valence-corrected chi connectivity index (χ2v) is 6.18. The summed E-state index contributed by atoms with van der Waals surface area (Å²) in [5, 5.41) is 3.07. The van der Waals surface area contributed by atoms with Gasteiger partial charge >= 0.3 is 0 Å². The Balaban J connectivity index is 2.38. The minimum atomic E-state index is -0.345. The normalized spacial score (nSPS) is 11.0. The van der Waals surface area contributed by atoms with Crippen LogP contribution in [0, 0.1) is 6.92 Å². The van der Waals surface area contributed by atoms with Crippen LogP contribution < -0.4 is 21.2 Å². The van der Waals surface area contributed by atoms with Gasteiger partial charge in [0.15, 0.2) is 0 Å². The Morgan fingerprint density at radius 2 is 2.23 bits per heavy atom. The molecule has 0 bridgehead atoms. The SMILES string of the molecule is C=CCNC(=O)c1cc2c(=O)n3cc(C)ccc3nc2[n+](CCC)c1N. The molecule has 3 aromatic heterocycles. The number of aryl methyl sites for hydroxylation is 2. The van der Waals surface area contributed by atoms with Crippen molar-refractivity contribution in [2.75, 3.05) is 12.3 Å². The maximum absolute atomic E-state index is 13.0. The van der Waals surface area contributed by atoms with Crippen LogP contribution in [0.4, 0.5) is 5.82 Å². The smallest absolute Gasteiger partial charge is 0.278 e. The Labute approximate surface area is 150 Å². The van der Waals surface area contributed by atoms with E-state index in [0.717, 1.165) is 12.0 Å². The Morgan fingerprint density at radius 3 is 2.92 bits per heavy atom. The lowest BCUT2D eigenvalue weighted by Gasteiger charge is -2.11. The highest BCUT2D eigenvalue weighted by atomic mass is 16.1. The van der Waals surface area contributed by atoms with E-state index in [2.05, 4.69) is 16.9 Å². The molecule has 134 valence electrons. The Morgan fingerprint density at radius 1 is 1.46 bits per heavy atom. The average molecular weight is 352 g/mol. The fraction of sp³-hybridized carbons (Fsp3) is 0.263. The van der Waals surface area contributed by atoms with Gasteiger partial charge in [0.2, 0.25) is 11.5 Å². The third kappa shape index (κ3) is 2.92. The molecule has 0 aliphatic heterocycles. The van der Waals surface area contributed by atoms with E-state index >= 15 is 0 Å². The predicted molar refractivity (Wildman–Crippen MR) is 101 cm³/mol. The molecular formula is C19H22N5O2+. The second-order valence-electron chi connectivity index (χ2n) is 6.18. The van der Waals surface area contributed by atoms with Gasteiger partial charge in [0.05, 0.1) is 6.54 Å². The molecule has 7 heteroatoms. The number of fused-ring (bicyclic) bond motifs is 2. The van der Waals surface area contributed by atoms with E-state index in [1.54, 1.807) is 22.9 Å². The van der Waals surface area contributed by atoms with Gasteiger partial charge in [-0.3, -0.25) is 14.0 Å². The van der Waals surface area contributed by atoms with E-state index in [0.29, 0.717) is 35.6 Å². The summed E-state index contributed by atoms with van der Waals surface area (Å²) in [6.45, 7) is 8.37. The van der Waals surface area contributed by atoms with Gasteiger partial charge in [0, 0.05) is 12.7 Å². The van der Waals surface area contributed by atoms with E-state index in [4.69, 9.17) is 5.73 Å². The van der Waals surface area contributed by atoms with Gasteiger partial charge in [0.1, 0.15) is 10.9 Å². The van der Waals surface area contributed by atoms with Gasteiger partial charge in [-0.15, -0.1) is 6.58 Å². The van der Waals surface area contributed by atoms with Gasteiger partial charge in [-0.25, -0.2) is 4.57 Å². The van der Waals surface area contributed by atoms with Crippen LogP contribution in [-0.4, -0.2) is 21.8 Å². The highest BCUT2D eigenvalue weighted by Crippen LogP contribution is 2.15. The lowest BCUT2D eigenvalue weighted by atomic mass is 10.1. The zero-order chi connectivity index (χ0) is 18.8. The van der Waals surface area contributed by atoms with Crippen molar-refractivity contribution in [1.82, 2.24) is 14.7 Å². The molecule has 3 rings (SSSR count). The van der Waals surface area contributed by atoms with Gasteiger partial charge in [-0.05, 0) is 31.0 Å². The van der Waals surface area contributed by atoms with Gasteiger partial charge in [0.25, 0.3) is 17.1 Å². The number of nitrogens with two attached hydrogens (primary N) is 1. The zero-order valence-electron chi connectivity index (χ0n) is 15.0. The Kier molecular flexibility index (Phi) is 4.71. The summed E-state index contributed by atoms with van der Waals surface area (Å²) in [6, 6.07) is 5.23. The molecule has 7 nitrogen and oxygen atoms in total. The first kappa shape index (κ1) is 17.6. The average Bonchev–Trinajstić information content (AvgIpc) is 2.63. The zero-order valence-corrected chi connectivity index (χ0v) is 15.0. The van der Waals surface area contributed by atoms with Crippen molar-refractivity contribution in [1.29, 1.82) is 0 Å². The molecule has 1 amide bonds. The van der Waals surface area contributed by atoms with E-state index in [9.17, 15) is 9.59 Å². The molecule has 0 saturated carbocycles. The predicted octanol–water partition coefficient (Wildman–Crippen LogP) is 1.35. The van der Waals surface area contributed by atoms with Crippen molar-refractivity contribution >= 4 is 28.4 Å². The summed E-state index contributed by atoms with van der Waals surface area (Å²) in [4.78, 5) is 30.1. The van der Waals surface area contributed by atoms with Crippen LogP contribution in [0.15, 0.2) is 41.8 Å². The minimum absolute atomic E-state index is 0.226. The molecule has 3 N–H and O–H groups in total. The lowest BCUT2D eigenvalue weighted by Crippen LogP contribution is -2.42. The molecule has 0 radical (unpaired) electrons. The molecule has 0 spiro atoms. The number of amides is 1. The van der Waals surface area contributed by atoms with Crippen molar-refractivity contribution in [2.24, 2.45) is 0 Å². The maximum Gasteiger partial charge on any atom is 0.278 e. The van der Waals surface area contributed by atoms with Crippen molar-refractivity contribution in [2.45, 2.75) is 26.8 Å². The van der Waals surface area contributed by atoms with Gasteiger partial charge in [-0.1, -0.05) is 24.1 Å². The van der Waals surface area contributed by atoms with Crippen LogP contribution in [0.1, 0.15) is 29.3 Å². The fourth-order valence-corrected chi connectivity index (χ4v) is 2.95. The summed E-state index contributed by atoms with van der Waals surface area (Å²) in [5.74, 6) is -0.0489. The number of anilines is 1. The van der Waals surface area contributed by atoms with Crippen molar-refractivity contribution in [3.63, 3.8) is 0 Å². The van der Waals surface area contributed by atoms with E-state index in [1.807, 2.05) is 19.9 Å². The molecule has 0 unspecified atom stereocenters. The van der Waals surface area contributed by atoms with Crippen LogP contribution in [-0.2, 0) is 6.54 Å². The summed E-state index contributed by atoms with van der Waals surface area (Å²) in [6.07, 6.45) is 4.11. The number of nitrogen functional groups attached to an aromatic ring is 1. The third-order valence-electron chi connectivity index (χ3n) is 4.20. The molecule has 26 heavy (non-hydrogen) atoms. The second kappa shape index (κ2) is 6.95. The largest absolute Gasteiger partial charge is 0.348 e. The Hall–Kier alpha value is -3.22. The van der Waals surface area contributed by atoms with Crippen LogP contribution in [0.3, 0.4) is 0 Å². The first-order valence-corrected chi connectivity index (χ1v) is 8.52. The summed E-state index contributed by atoms with van der Waals surface area (Å²) >= 11 is 0. The number of pyridine rings is 2. The first-order valence-electron chi connectivity index (χ1n) is 8.52. The molecule has 0 aliphatic rings. The van der Waals surface area contributed by atoms with Crippen LogP contribution in [0.5, 0.6) is 0 Å². The summed E-state index contributed by atoms with van der Waals surface area (Å²) in [5.41, 5.74) is 8.26. The molecule has 0 aliphatic carbocycles. The molecule has 0 fully saturated rings. The summed E-state index contributed by atoms with van der Waals surface area (Å²) in [7, 11) is 0. The monoisotopic (exact) mass is 352 g/mol. The molecule has 0 atom stereocenters. The molecule has 0 aromatic carbocycles. The topological polar surface area (TPSA) is 93.4 Å². The minimum Gasteiger partial charge on any atom is -0.348 e. The van der Waals surface area contributed by atoms with Crippen molar-refractivity contribution in [3.8, 4) is 0 Å².